The fourth-order valence-corrected chi connectivity index (χ4v) is 2.59. The van der Waals surface area contributed by atoms with Crippen LogP contribution in [0.2, 0.25) is 0 Å². The number of methoxy groups -OCH3 is 2. The summed E-state index contributed by atoms with van der Waals surface area (Å²) in [6.07, 6.45) is -0.268. The number of anilines is 1. The lowest BCUT2D eigenvalue weighted by atomic mass is 10.2. The number of hydrogen-bond acceptors (Lipinski definition) is 3. The molecule has 0 radical (unpaired) electrons. The summed E-state index contributed by atoms with van der Waals surface area (Å²) in [6, 6.07) is 6.03. The zero-order chi connectivity index (χ0) is 12.1. The maximum absolute atomic E-state index is 5.19. The minimum absolute atomic E-state index is 0.0625. The van der Waals surface area contributed by atoms with E-state index in [0.717, 1.165) is 14.6 Å². The molecule has 90 valence electrons. The highest BCUT2D eigenvalue weighted by molar-refractivity contribution is 9.11. The molecule has 0 amide bonds. The second kappa shape index (κ2) is 6.59. The monoisotopic (exact) mass is 351 g/mol. The van der Waals surface area contributed by atoms with Crippen molar-refractivity contribution >= 4 is 37.5 Å². The second-order valence-corrected chi connectivity index (χ2v) is 5.17. The molecule has 1 aromatic rings. The third kappa shape index (κ3) is 3.73. The van der Waals surface area contributed by atoms with Gasteiger partial charge in [-0.15, -0.1) is 0 Å². The maximum atomic E-state index is 5.19. The number of ether oxygens (including phenoxy) is 2. The van der Waals surface area contributed by atoms with Crippen molar-refractivity contribution < 1.29 is 9.47 Å². The fourth-order valence-electron chi connectivity index (χ4n) is 1.42. The third-order valence-electron chi connectivity index (χ3n) is 2.19. The van der Waals surface area contributed by atoms with Crippen LogP contribution in [0.25, 0.3) is 0 Å². The van der Waals surface area contributed by atoms with Crippen molar-refractivity contribution in [2.45, 2.75) is 19.3 Å². The largest absolute Gasteiger partial charge is 0.377 e. The van der Waals surface area contributed by atoms with E-state index in [1.807, 2.05) is 25.1 Å². The van der Waals surface area contributed by atoms with Crippen molar-refractivity contribution in [1.82, 2.24) is 0 Å². The Morgan fingerprint density at radius 3 is 2.31 bits per heavy atom. The smallest absolute Gasteiger partial charge is 0.176 e. The fraction of sp³-hybridized carbons (Fsp3) is 0.455. The first-order valence-corrected chi connectivity index (χ1v) is 6.44. The molecule has 0 aliphatic rings. The van der Waals surface area contributed by atoms with E-state index in [2.05, 4.69) is 37.2 Å². The van der Waals surface area contributed by atoms with Crippen LogP contribution in [-0.2, 0) is 9.47 Å². The summed E-state index contributed by atoms with van der Waals surface area (Å²) in [6.45, 7) is 2.01. The molecule has 1 unspecified atom stereocenters. The predicted octanol–water partition coefficient (Wildman–Crippen LogP) is 3.63. The summed E-state index contributed by atoms with van der Waals surface area (Å²) in [5, 5.41) is 3.32. The molecule has 1 aromatic carbocycles. The molecule has 16 heavy (non-hydrogen) atoms. The molecular weight excluding hydrogens is 338 g/mol. The van der Waals surface area contributed by atoms with Gasteiger partial charge >= 0.3 is 0 Å². The lowest BCUT2D eigenvalue weighted by Crippen LogP contribution is -2.33. The Bertz CT molecular complexity index is 343. The third-order valence-corrected chi connectivity index (χ3v) is 3.34. The molecule has 0 spiro atoms. The van der Waals surface area contributed by atoms with Crippen molar-refractivity contribution in [3.05, 3.63) is 27.1 Å². The summed E-state index contributed by atoms with van der Waals surface area (Å²) in [5.41, 5.74) is 1.01. The van der Waals surface area contributed by atoms with Crippen LogP contribution < -0.4 is 5.32 Å². The van der Waals surface area contributed by atoms with E-state index >= 15 is 0 Å². The first-order chi connectivity index (χ1) is 7.58. The maximum Gasteiger partial charge on any atom is 0.176 e. The zero-order valence-electron chi connectivity index (χ0n) is 9.46. The Kier molecular flexibility index (Phi) is 5.75. The molecule has 5 heteroatoms. The number of nitrogens with one attached hydrogen (secondary N) is 1. The normalized spacial score (nSPS) is 12.9. The Labute approximate surface area is 113 Å². The van der Waals surface area contributed by atoms with Crippen LogP contribution >= 0.6 is 31.9 Å². The first kappa shape index (κ1) is 14.0. The molecular formula is C11H15Br2NO2. The van der Waals surface area contributed by atoms with Gasteiger partial charge in [0.15, 0.2) is 6.29 Å². The van der Waals surface area contributed by atoms with E-state index in [9.17, 15) is 0 Å². The van der Waals surface area contributed by atoms with E-state index in [1.165, 1.54) is 0 Å². The molecule has 0 saturated heterocycles. The minimum Gasteiger partial charge on any atom is -0.377 e. The Morgan fingerprint density at radius 1 is 1.19 bits per heavy atom. The van der Waals surface area contributed by atoms with Crippen LogP contribution in [0.3, 0.4) is 0 Å². The molecule has 1 atom stereocenters. The van der Waals surface area contributed by atoms with Gasteiger partial charge in [-0.1, -0.05) is 15.9 Å². The first-order valence-electron chi connectivity index (χ1n) is 4.85. The van der Waals surface area contributed by atoms with Crippen LogP contribution in [-0.4, -0.2) is 26.6 Å². The second-order valence-electron chi connectivity index (χ2n) is 3.40. The average molecular weight is 353 g/mol. The molecule has 1 rings (SSSR count). The summed E-state index contributed by atoms with van der Waals surface area (Å²) < 4.78 is 12.4. The van der Waals surface area contributed by atoms with Crippen LogP contribution in [0.4, 0.5) is 5.69 Å². The summed E-state index contributed by atoms with van der Waals surface area (Å²) >= 11 is 6.91. The molecule has 0 aliphatic carbocycles. The predicted molar refractivity (Wildman–Crippen MR) is 72.7 cm³/mol. The molecule has 0 heterocycles. The van der Waals surface area contributed by atoms with Crippen molar-refractivity contribution in [3.63, 3.8) is 0 Å². The number of benzene rings is 1. The van der Waals surface area contributed by atoms with E-state index in [0.29, 0.717) is 0 Å². The van der Waals surface area contributed by atoms with Gasteiger partial charge in [-0.3, -0.25) is 0 Å². The highest BCUT2D eigenvalue weighted by Crippen LogP contribution is 2.27. The van der Waals surface area contributed by atoms with Gasteiger partial charge in [0, 0.05) is 28.9 Å². The van der Waals surface area contributed by atoms with Gasteiger partial charge in [-0.25, -0.2) is 0 Å². The molecule has 0 bridgehead atoms. The molecule has 0 saturated carbocycles. The van der Waals surface area contributed by atoms with Gasteiger partial charge in [0.25, 0.3) is 0 Å². The van der Waals surface area contributed by atoms with Gasteiger partial charge in [-0.05, 0) is 41.1 Å². The Hall–Kier alpha value is -0.100. The SMILES string of the molecule is COC(OC)C(C)Nc1ccc(Br)cc1Br. The average Bonchev–Trinajstić information content (AvgIpc) is 2.24. The van der Waals surface area contributed by atoms with Crippen molar-refractivity contribution in [2.24, 2.45) is 0 Å². The molecule has 0 fully saturated rings. The van der Waals surface area contributed by atoms with Gasteiger partial charge in [0.1, 0.15) is 0 Å². The summed E-state index contributed by atoms with van der Waals surface area (Å²) in [4.78, 5) is 0. The van der Waals surface area contributed by atoms with Crippen molar-refractivity contribution in [2.75, 3.05) is 19.5 Å². The quantitative estimate of drug-likeness (QED) is 0.821. The lowest BCUT2D eigenvalue weighted by molar-refractivity contribution is -0.109. The van der Waals surface area contributed by atoms with Gasteiger partial charge in [0.05, 0.1) is 6.04 Å². The molecule has 1 N–H and O–H groups in total. The van der Waals surface area contributed by atoms with Gasteiger partial charge in [0.2, 0.25) is 0 Å². The minimum atomic E-state index is -0.268. The molecule has 0 aromatic heterocycles. The van der Waals surface area contributed by atoms with Crippen LogP contribution in [0, 0.1) is 0 Å². The molecule has 0 aliphatic heterocycles. The van der Waals surface area contributed by atoms with Gasteiger partial charge < -0.3 is 14.8 Å². The van der Waals surface area contributed by atoms with Gasteiger partial charge in [-0.2, -0.15) is 0 Å². The number of rotatable bonds is 5. The highest BCUT2D eigenvalue weighted by atomic mass is 79.9. The number of hydrogen-bond donors (Lipinski definition) is 1. The molecule has 3 nitrogen and oxygen atoms in total. The number of halogens is 2. The van der Waals surface area contributed by atoms with E-state index < -0.39 is 0 Å². The van der Waals surface area contributed by atoms with E-state index in [1.54, 1.807) is 14.2 Å². The van der Waals surface area contributed by atoms with Crippen LogP contribution in [0.15, 0.2) is 27.1 Å². The standard InChI is InChI=1S/C11H15Br2NO2/c1-7(11(15-2)16-3)14-10-5-4-8(12)6-9(10)13/h4-7,11,14H,1-3H3. The highest BCUT2D eigenvalue weighted by Gasteiger charge is 2.16. The zero-order valence-corrected chi connectivity index (χ0v) is 12.6. The lowest BCUT2D eigenvalue weighted by Gasteiger charge is -2.23. The van der Waals surface area contributed by atoms with Crippen molar-refractivity contribution in [1.29, 1.82) is 0 Å². The van der Waals surface area contributed by atoms with E-state index in [-0.39, 0.29) is 12.3 Å². The topological polar surface area (TPSA) is 30.5 Å². The van der Waals surface area contributed by atoms with E-state index in [4.69, 9.17) is 9.47 Å². The summed E-state index contributed by atoms with van der Waals surface area (Å²) in [5.74, 6) is 0. The Morgan fingerprint density at radius 2 is 1.81 bits per heavy atom. The van der Waals surface area contributed by atoms with Crippen LogP contribution in [0.1, 0.15) is 6.92 Å². The van der Waals surface area contributed by atoms with Crippen LogP contribution in [0.5, 0.6) is 0 Å². The Balaban J connectivity index is 2.72. The summed E-state index contributed by atoms with van der Waals surface area (Å²) in [7, 11) is 3.26. The van der Waals surface area contributed by atoms with Crippen molar-refractivity contribution in [3.8, 4) is 0 Å².